The number of rotatable bonds is 1. The van der Waals surface area contributed by atoms with E-state index in [1.54, 1.807) is 4.57 Å². The smallest absolute Gasteiger partial charge is 0.166 e. The first-order valence-electron chi connectivity index (χ1n) is 3.84. The normalized spacial score (nSPS) is 28.2. The van der Waals surface area contributed by atoms with Crippen LogP contribution >= 0.6 is 23.2 Å². The molecule has 1 unspecified atom stereocenters. The van der Waals surface area contributed by atoms with Gasteiger partial charge in [0.1, 0.15) is 11.3 Å². The molecular weight excluding hydrogens is 215 g/mol. The molecule has 0 aromatic carbocycles. The summed E-state index contributed by atoms with van der Waals surface area (Å²) in [5.41, 5.74) is 0. The first-order valence-corrected chi connectivity index (χ1v) is 4.59. The summed E-state index contributed by atoms with van der Waals surface area (Å²) in [6.07, 6.45) is 0.968. The minimum atomic E-state index is -0.539. The maximum Gasteiger partial charge on any atom is 0.166 e. The number of imidazole rings is 1. The van der Waals surface area contributed by atoms with Crippen molar-refractivity contribution in [3.8, 4) is 0 Å². The fourth-order valence-corrected chi connectivity index (χ4v) is 1.71. The molecule has 2 rings (SSSR count). The van der Waals surface area contributed by atoms with E-state index in [-0.39, 0.29) is 11.2 Å². The molecule has 1 aliphatic heterocycles. The first kappa shape index (κ1) is 9.27. The molecule has 0 spiro atoms. The van der Waals surface area contributed by atoms with Crippen LogP contribution in [0, 0.1) is 0 Å². The fraction of sp³-hybridized carbons (Fsp3) is 0.571. The highest BCUT2D eigenvalue weighted by atomic mass is 35.5. The summed E-state index contributed by atoms with van der Waals surface area (Å²) in [5.74, 6) is 0. The quantitative estimate of drug-likeness (QED) is 0.775. The van der Waals surface area contributed by atoms with Gasteiger partial charge in [-0.1, -0.05) is 23.2 Å². The first-order chi connectivity index (χ1) is 6.20. The molecule has 0 saturated carbocycles. The minimum absolute atomic E-state index is 0.174. The molecule has 0 bridgehead atoms. The van der Waals surface area contributed by atoms with Crippen LogP contribution in [-0.2, 0) is 4.74 Å². The molecule has 0 radical (unpaired) electrons. The Kier molecular flexibility index (Phi) is 2.47. The Morgan fingerprint density at radius 1 is 1.54 bits per heavy atom. The van der Waals surface area contributed by atoms with Crippen LogP contribution in [0.25, 0.3) is 0 Å². The number of hydrogen-bond acceptors (Lipinski definition) is 3. The van der Waals surface area contributed by atoms with Gasteiger partial charge in [-0.05, 0) is 0 Å². The number of hydrogen-bond donors (Lipinski definition) is 1. The van der Waals surface area contributed by atoms with Gasteiger partial charge in [-0.2, -0.15) is 0 Å². The van der Waals surface area contributed by atoms with E-state index in [2.05, 4.69) is 4.98 Å². The second-order valence-corrected chi connectivity index (χ2v) is 3.62. The van der Waals surface area contributed by atoms with Crippen LogP contribution in [0.1, 0.15) is 6.04 Å². The van der Waals surface area contributed by atoms with Crippen molar-refractivity contribution in [2.75, 3.05) is 13.2 Å². The number of aliphatic hydroxyl groups excluding tert-OH is 1. The summed E-state index contributed by atoms with van der Waals surface area (Å²) in [7, 11) is 0. The van der Waals surface area contributed by atoms with Crippen molar-refractivity contribution in [2.24, 2.45) is 0 Å². The second kappa shape index (κ2) is 3.46. The van der Waals surface area contributed by atoms with Gasteiger partial charge in [-0.15, -0.1) is 0 Å². The van der Waals surface area contributed by atoms with Gasteiger partial charge in [0, 0.05) is 0 Å². The summed E-state index contributed by atoms with van der Waals surface area (Å²) >= 11 is 11.5. The molecular formula is C7H8Cl2N2O2. The predicted molar refractivity (Wildman–Crippen MR) is 48.1 cm³/mol. The Morgan fingerprint density at radius 2 is 2.31 bits per heavy atom. The molecule has 0 amide bonds. The van der Waals surface area contributed by atoms with Crippen molar-refractivity contribution in [2.45, 2.75) is 12.1 Å². The molecule has 1 aromatic rings. The van der Waals surface area contributed by atoms with Crippen LogP contribution in [0.4, 0.5) is 0 Å². The van der Waals surface area contributed by atoms with Crippen LogP contribution in [0.2, 0.25) is 10.3 Å². The van der Waals surface area contributed by atoms with Crippen molar-refractivity contribution in [3.63, 3.8) is 0 Å². The molecule has 2 heterocycles. The van der Waals surface area contributed by atoms with Crippen molar-refractivity contribution in [1.29, 1.82) is 0 Å². The molecule has 13 heavy (non-hydrogen) atoms. The Labute approximate surface area is 85.0 Å². The predicted octanol–water partition coefficient (Wildman–Crippen LogP) is 1.12. The van der Waals surface area contributed by atoms with Crippen molar-refractivity contribution in [3.05, 3.63) is 16.6 Å². The molecule has 1 N–H and O–H groups in total. The average molecular weight is 223 g/mol. The standard InChI is InChI=1S/C7H8Cl2N2O2/c8-6-7(9)11(3-10-6)4-1-13-2-5(4)12/h3-5,12H,1-2H2/t4?,5-/m1/s1. The van der Waals surface area contributed by atoms with Crippen molar-refractivity contribution >= 4 is 23.2 Å². The topological polar surface area (TPSA) is 47.3 Å². The van der Waals surface area contributed by atoms with E-state index in [1.165, 1.54) is 6.33 Å². The number of aromatic nitrogens is 2. The van der Waals surface area contributed by atoms with Crippen molar-refractivity contribution in [1.82, 2.24) is 9.55 Å². The van der Waals surface area contributed by atoms with E-state index in [0.717, 1.165) is 0 Å². The number of ether oxygens (including phenoxy) is 1. The minimum Gasteiger partial charge on any atom is -0.388 e. The third-order valence-corrected chi connectivity index (χ3v) is 2.82. The van der Waals surface area contributed by atoms with Gasteiger partial charge in [0.25, 0.3) is 0 Å². The molecule has 72 valence electrons. The Hall–Kier alpha value is -0.290. The van der Waals surface area contributed by atoms with E-state index in [9.17, 15) is 5.11 Å². The molecule has 1 aliphatic rings. The molecule has 6 heteroatoms. The zero-order valence-electron chi connectivity index (χ0n) is 6.65. The average Bonchev–Trinajstić information content (AvgIpc) is 2.62. The highest BCUT2D eigenvalue weighted by molar-refractivity contribution is 6.40. The van der Waals surface area contributed by atoms with Crippen LogP contribution in [-0.4, -0.2) is 34.0 Å². The van der Waals surface area contributed by atoms with Gasteiger partial charge < -0.3 is 14.4 Å². The van der Waals surface area contributed by atoms with E-state index in [4.69, 9.17) is 27.9 Å². The van der Waals surface area contributed by atoms with Gasteiger partial charge in [-0.25, -0.2) is 4.98 Å². The maximum absolute atomic E-state index is 9.50. The molecule has 1 saturated heterocycles. The largest absolute Gasteiger partial charge is 0.388 e. The Balaban J connectivity index is 2.29. The lowest BCUT2D eigenvalue weighted by molar-refractivity contribution is 0.119. The van der Waals surface area contributed by atoms with Gasteiger partial charge in [0.05, 0.1) is 25.6 Å². The maximum atomic E-state index is 9.50. The lowest BCUT2D eigenvalue weighted by Gasteiger charge is -2.14. The lowest BCUT2D eigenvalue weighted by atomic mass is 10.2. The molecule has 1 fully saturated rings. The summed E-state index contributed by atoms with van der Waals surface area (Å²) in [5, 5.41) is 10.1. The molecule has 4 nitrogen and oxygen atoms in total. The molecule has 2 atom stereocenters. The summed E-state index contributed by atoms with van der Waals surface area (Å²) in [4.78, 5) is 3.82. The molecule has 1 aromatic heterocycles. The van der Waals surface area contributed by atoms with Crippen LogP contribution in [0.3, 0.4) is 0 Å². The van der Waals surface area contributed by atoms with E-state index < -0.39 is 6.10 Å². The fourth-order valence-electron chi connectivity index (χ4n) is 1.35. The van der Waals surface area contributed by atoms with Gasteiger partial charge in [-0.3, -0.25) is 0 Å². The zero-order valence-corrected chi connectivity index (χ0v) is 8.16. The Morgan fingerprint density at radius 3 is 2.77 bits per heavy atom. The van der Waals surface area contributed by atoms with E-state index in [0.29, 0.717) is 18.4 Å². The number of nitrogens with zero attached hydrogens (tertiary/aromatic N) is 2. The van der Waals surface area contributed by atoms with Gasteiger partial charge >= 0.3 is 0 Å². The monoisotopic (exact) mass is 222 g/mol. The van der Waals surface area contributed by atoms with Crippen molar-refractivity contribution < 1.29 is 9.84 Å². The lowest BCUT2D eigenvalue weighted by Crippen LogP contribution is -2.21. The van der Waals surface area contributed by atoms with E-state index >= 15 is 0 Å². The number of halogens is 2. The third kappa shape index (κ3) is 1.55. The van der Waals surface area contributed by atoms with E-state index in [1.807, 2.05) is 0 Å². The highest BCUT2D eigenvalue weighted by Crippen LogP contribution is 2.27. The van der Waals surface area contributed by atoms with Crippen LogP contribution in [0.15, 0.2) is 6.33 Å². The van der Waals surface area contributed by atoms with Gasteiger partial charge in [0.15, 0.2) is 5.15 Å². The Bertz CT molecular complexity index is 315. The summed E-state index contributed by atoms with van der Waals surface area (Å²) in [6, 6.07) is -0.174. The summed E-state index contributed by atoms with van der Waals surface area (Å²) < 4.78 is 6.71. The summed E-state index contributed by atoms with van der Waals surface area (Å²) in [6.45, 7) is 0.768. The van der Waals surface area contributed by atoms with Crippen LogP contribution in [0.5, 0.6) is 0 Å². The van der Waals surface area contributed by atoms with Crippen LogP contribution < -0.4 is 0 Å². The number of aliphatic hydroxyl groups is 1. The second-order valence-electron chi connectivity index (χ2n) is 2.91. The third-order valence-electron chi connectivity index (χ3n) is 2.07. The van der Waals surface area contributed by atoms with Gasteiger partial charge in [0.2, 0.25) is 0 Å². The SMILES string of the molecule is O[C@@H]1COCC1n1cnc(Cl)c1Cl. The molecule has 0 aliphatic carbocycles. The highest BCUT2D eigenvalue weighted by Gasteiger charge is 2.29. The zero-order chi connectivity index (χ0) is 9.42.